The van der Waals surface area contributed by atoms with Gasteiger partial charge in [0.2, 0.25) is 0 Å². The minimum atomic E-state index is -0.575. The van der Waals surface area contributed by atoms with Gasteiger partial charge >= 0.3 is 0 Å². The molecule has 0 saturated carbocycles. The number of benzene rings is 2. The van der Waals surface area contributed by atoms with E-state index in [9.17, 15) is 10.1 Å². The average molecular weight is 430 g/mol. The molecule has 2 heterocycles. The molecule has 0 radical (unpaired) electrons. The molecule has 7 heteroatoms. The molecule has 2 aliphatic heterocycles. The van der Waals surface area contributed by atoms with Crippen LogP contribution in [0.3, 0.4) is 0 Å². The molecule has 1 N–H and O–H groups in total. The van der Waals surface area contributed by atoms with Crippen molar-refractivity contribution in [3.05, 3.63) is 58.1 Å². The van der Waals surface area contributed by atoms with Gasteiger partial charge in [0.25, 0.3) is 5.91 Å². The van der Waals surface area contributed by atoms with Gasteiger partial charge in [0.15, 0.2) is 6.10 Å². The fraction of sp³-hybridized carbons (Fsp3) is 0.364. The topological polar surface area (TPSA) is 65.4 Å². The predicted molar refractivity (Wildman–Crippen MR) is 113 cm³/mol. The monoisotopic (exact) mass is 429 g/mol. The molecule has 1 fully saturated rings. The molecule has 5 nitrogen and oxygen atoms in total. The van der Waals surface area contributed by atoms with Crippen molar-refractivity contribution in [2.45, 2.75) is 25.4 Å². The number of anilines is 1. The van der Waals surface area contributed by atoms with Crippen molar-refractivity contribution in [2.24, 2.45) is 5.41 Å². The highest BCUT2D eigenvalue weighted by Gasteiger charge is 2.39. The summed E-state index contributed by atoms with van der Waals surface area (Å²) >= 11 is 12.0. The molecular formula is C22H21Cl2N3O2. The first-order chi connectivity index (χ1) is 14.0. The molecule has 150 valence electrons. The average Bonchev–Trinajstić information content (AvgIpc) is 2.75. The van der Waals surface area contributed by atoms with Crippen LogP contribution in [0.2, 0.25) is 10.0 Å². The lowest BCUT2D eigenvalue weighted by Gasteiger charge is -2.39. The lowest BCUT2D eigenvalue weighted by Crippen LogP contribution is -2.51. The maximum absolute atomic E-state index is 13.0. The molecule has 2 aromatic carbocycles. The van der Waals surface area contributed by atoms with Crippen LogP contribution in [-0.2, 0) is 11.2 Å². The van der Waals surface area contributed by atoms with Gasteiger partial charge in [-0.1, -0.05) is 35.3 Å². The molecule has 1 unspecified atom stereocenters. The van der Waals surface area contributed by atoms with Crippen molar-refractivity contribution in [1.82, 2.24) is 4.90 Å². The highest BCUT2D eigenvalue weighted by molar-refractivity contribution is 6.31. The van der Waals surface area contributed by atoms with Gasteiger partial charge in [0, 0.05) is 23.1 Å². The van der Waals surface area contributed by atoms with Crippen molar-refractivity contribution in [3.8, 4) is 11.8 Å². The quantitative estimate of drug-likeness (QED) is 0.777. The van der Waals surface area contributed by atoms with Crippen molar-refractivity contribution < 1.29 is 9.53 Å². The number of halogens is 2. The maximum atomic E-state index is 13.0. The number of fused-ring (bicyclic) bond motifs is 1. The summed E-state index contributed by atoms with van der Waals surface area (Å²) in [5.41, 5.74) is 1.43. The number of hydrogen-bond donors (Lipinski definition) is 1. The second-order valence-electron chi connectivity index (χ2n) is 7.65. The zero-order chi connectivity index (χ0) is 20.4. The molecule has 0 aliphatic carbocycles. The summed E-state index contributed by atoms with van der Waals surface area (Å²) < 4.78 is 5.90. The van der Waals surface area contributed by atoms with E-state index in [-0.39, 0.29) is 5.91 Å². The Balaban J connectivity index is 1.38. The number of nitrogens with zero attached hydrogens (tertiary/aromatic N) is 2. The first kappa shape index (κ1) is 19.9. The second kappa shape index (κ2) is 8.14. The molecule has 1 saturated heterocycles. The number of hydrogen-bond acceptors (Lipinski definition) is 4. The number of rotatable bonds is 3. The number of nitriles is 1. The SMILES string of the molecule is N#CC1(Cc2ccc(Cl)cc2)CCN(C(=O)C2CNc3cc(Cl)ccc3O2)CC1. The van der Waals surface area contributed by atoms with Gasteiger partial charge in [-0.25, -0.2) is 0 Å². The van der Waals surface area contributed by atoms with Crippen LogP contribution in [0, 0.1) is 16.7 Å². The molecule has 2 aromatic rings. The first-order valence-corrected chi connectivity index (χ1v) is 10.4. The summed E-state index contributed by atoms with van der Waals surface area (Å²) in [6.07, 6.45) is 1.38. The Morgan fingerprint density at radius 2 is 1.86 bits per heavy atom. The first-order valence-electron chi connectivity index (χ1n) is 9.63. The van der Waals surface area contributed by atoms with Crippen LogP contribution in [-0.4, -0.2) is 36.5 Å². The summed E-state index contributed by atoms with van der Waals surface area (Å²) in [6.45, 7) is 1.50. The van der Waals surface area contributed by atoms with Gasteiger partial charge in [0.05, 0.1) is 23.7 Å². The Kier molecular flexibility index (Phi) is 5.58. The van der Waals surface area contributed by atoms with Crippen LogP contribution in [0.5, 0.6) is 5.75 Å². The number of likely N-dealkylation sites (tertiary alicyclic amines) is 1. The second-order valence-corrected chi connectivity index (χ2v) is 8.52. The van der Waals surface area contributed by atoms with E-state index in [0.29, 0.717) is 54.7 Å². The fourth-order valence-electron chi connectivity index (χ4n) is 3.96. The third kappa shape index (κ3) is 4.29. The van der Waals surface area contributed by atoms with Crippen molar-refractivity contribution >= 4 is 34.8 Å². The number of carbonyl (C=O) groups is 1. The van der Waals surface area contributed by atoms with Crippen LogP contribution >= 0.6 is 23.2 Å². The lowest BCUT2D eigenvalue weighted by molar-refractivity contribution is -0.140. The standard InChI is InChI=1S/C22H21Cl2N3O2/c23-16-3-1-15(2-4-16)12-22(14-25)7-9-27(10-8-22)21(28)20-13-26-18-11-17(24)5-6-19(18)29-20/h1-6,11,20,26H,7-10,12-13H2. The van der Waals surface area contributed by atoms with E-state index in [4.69, 9.17) is 27.9 Å². The molecule has 0 bridgehead atoms. The van der Waals surface area contributed by atoms with E-state index >= 15 is 0 Å². The van der Waals surface area contributed by atoms with Gasteiger partial charge in [-0.2, -0.15) is 5.26 Å². The largest absolute Gasteiger partial charge is 0.477 e. The smallest absolute Gasteiger partial charge is 0.265 e. The highest BCUT2D eigenvalue weighted by atomic mass is 35.5. The number of amides is 1. The molecular weight excluding hydrogens is 409 g/mol. The Bertz CT molecular complexity index is 948. The normalized spacial score (nSPS) is 20.0. The summed E-state index contributed by atoms with van der Waals surface area (Å²) in [4.78, 5) is 14.8. The zero-order valence-corrected chi connectivity index (χ0v) is 17.3. The van der Waals surface area contributed by atoms with Gasteiger partial charge in [-0.3, -0.25) is 4.79 Å². The summed E-state index contributed by atoms with van der Waals surface area (Å²) in [5.74, 6) is 0.584. The van der Waals surface area contributed by atoms with E-state index in [1.54, 1.807) is 18.2 Å². The predicted octanol–water partition coefficient (Wildman–Crippen LogP) is 4.54. The van der Waals surface area contributed by atoms with Crippen LogP contribution in [0.25, 0.3) is 0 Å². The van der Waals surface area contributed by atoms with Crippen molar-refractivity contribution in [1.29, 1.82) is 5.26 Å². The molecule has 2 aliphatic rings. The van der Waals surface area contributed by atoms with E-state index < -0.39 is 11.5 Å². The third-order valence-corrected chi connectivity index (χ3v) is 6.18. The fourth-order valence-corrected chi connectivity index (χ4v) is 4.26. The van der Waals surface area contributed by atoms with Crippen molar-refractivity contribution in [3.63, 3.8) is 0 Å². The van der Waals surface area contributed by atoms with Gasteiger partial charge in [0.1, 0.15) is 5.75 Å². The van der Waals surface area contributed by atoms with Crippen LogP contribution in [0.1, 0.15) is 18.4 Å². The number of carbonyl (C=O) groups excluding carboxylic acids is 1. The highest BCUT2D eigenvalue weighted by Crippen LogP contribution is 2.36. The van der Waals surface area contributed by atoms with Gasteiger partial charge in [-0.15, -0.1) is 0 Å². The Morgan fingerprint density at radius 1 is 1.17 bits per heavy atom. The summed E-state index contributed by atoms with van der Waals surface area (Å²) in [6, 6.07) is 15.4. The Morgan fingerprint density at radius 3 is 2.55 bits per heavy atom. The zero-order valence-electron chi connectivity index (χ0n) is 15.8. The van der Waals surface area contributed by atoms with Gasteiger partial charge in [-0.05, 0) is 55.2 Å². The van der Waals surface area contributed by atoms with E-state index in [1.807, 2.05) is 29.2 Å². The molecule has 0 spiro atoms. The Hall–Kier alpha value is -2.42. The molecule has 0 aromatic heterocycles. The maximum Gasteiger partial charge on any atom is 0.265 e. The number of ether oxygens (including phenoxy) is 1. The molecule has 4 rings (SSSR count). The minimum absolute atomic E-state index is 0.0452. The summed E-state index contributed by atoms with van der Waals surface area (Å²) in [7, 11) is 0. The Labute approximate surface area is 180 Å². The number of nitrogens with one attached hydrogen (secondary N) is 1. The molecule has 1 amide bonds. The third-order valence-electron chi connectivity index (χ3n) is 5.69. The van der Waals surface area contributed by atoms with Crippen LogP contribution in [0.15, 0.2) is 42.5 Å². The van der Waals surface area contributed by atoms with Crippen molar-refractivity contribution in [2.75, 3.05) is 25.0 Å². The summed E-state index contributed by atoms with van der Waals surface area (Å²) in [5, 5.41) is 14.4. The van der Waals surface area contributed by atoms with E-state index in [0.717, 1.165) is 11.3 Å². The van der Waals surface area contributed by atoms with Crippen LogP contribution < -0.4 is 10.1 Å². The van der Waals surface area contributed by atoms with Gasteiger partial charge < -0.3 is 15.0 Å². The van der Waals surface area contributed by atoms with Crippen LogP contribution in [0.4, 0.5) is 5.69 Å². The lowest BCUT2D eigenvalue weighted by atomic mass is 9.75. The van der Waals surface area contributed by atoms with E-state index in [2.05, 4.69) is 11.4 Å². The number of piperidine rings is 1. The minimum Gasteiger partial charge on any atom is -0.477 e. The molecule has 29 heavy (non-hydrogen) atoms. The molecule has 1 atom stereocenters. The van der Waals surface area contributed by atoms with E-state index in [1.165, 1.54) is 0 Å².